The number of hydrogen-bond donors (Lipinski definition) is 1. The first-order valence-corrected chi connectivity index (χ1v) is 5.92. The zero-order valence-corrected chi connectivity index (χ0v) is 10.3. The SMILES string of the molecule is CCc1cc2c(cc1C)C(C)(C)NCC2. The Hall–Kier alpha value is -0.820. The van der Waals surface area contributed by atoms with Crippen molar-refractivity contribution in [3.63, 3.8) is 0 Å². The minimum atomic E-state index is 0.143. The molecule has 0 bridgehead atoms. The Bertz CT molecular complexity index is 377. The van der Waals surface area contributed by atoms with E-state index >= 15 is 0 Å². The van der Waals surface area contributed by atoms with Crippen LogP contribution in [-0.2, 0) is 18.4 Å². The van der Waals surface area contributed by atoms with Gasteiger partial charge in [0.25, 0.3) is 0 Å². The maximum Gasteiger partial charge on any atom is 0.0380 e. The van der Waals surface area contributed by atoms with Crippen LogP contribution in [0.4, 0.5) is 0 Å². The number of rotatable bonds is 1. The van der Waals surface area contributed by atoms with Crippen molar-refractivity contribution in [1.29, 1.82) is 0 Å². The maximum absolute atomic E-state index is 3.58. The van der Waals surface area contributed by atoms with E-state index in [-0.39, 0.29) is 5.54 Å². The Balaban J connectivity index is 2.55. The van der Waals surface area contributed by atoms with E-state index in [1.165, 1.54) is 23.1 Å². The van der Waals surface area contributed by atoms with Crippen LogP contribution in [0.2, 0.25) is 0 Å². The highest BCUT2D eigenvalue weighted by molar-refractivity contribution is 5.42. The van der Waals surface area contributed by atoms with E-state index in [1.54, 1.807) is 5.56 Å². The molecule has 15 heavy (non-hydrogen) atoms. The van der Waals surface area contributed by atoms with E-state index in [4.69, 9.17) is 0 Å². The van der Waals surface area contributed by atoms with Crippen LogP contribution in [0.5, 0.6) is 0 Å². The smallest absolute Gasteiger partial charge is 0.0380 e. The van der Waals surface area contributed by atoms with Crippen molar-refractivity contribution in [2.24, 2.45) is 0 Å². The first-order chi connectivity index (χ1) is 7.04. The molecular formula is C14H21N. The minimum Gasteiger partial charge on any atom is -0.307 e. The Morgan fingerprint density at radius 1 is 1.33 bits per heavy atom. The first kappa shape index (κ1) is 10.7. The number of benzene rings is 1. The summed E-state index contributed by atoms with van der Waals surface area (Å²) < 4.78 is 0. The van der Waals surface area contributed by atoms with Gasteiger partial charge in [-0.15, -0.1) is 0 Å². The third-order valence-corrected chi connectivity index (χ3v) is 3.58. The van der Waals surface area contributed by atoms with Crippen LogP contribution >= 0.6 is 0 Å². The zero-order chi connectivity index (χ0) is 11.1. The van der Waals surface area contributed by atoms with Gasteiger partial charge in [-0.1, -0.05) is 19.1 Å². The zero-order valence-electron chi connectivity index (χ0n) is 10.3. The molecule has 1 aromatic rings. The number of aryl methyl sites for hydroxylation is 2. The molecule has 0 aliphatic carbocycles. The molecule has 1 aliphatic heterocycles. The lowest BCUT2D eigenvalue weighted by atomic mass is 9.82. The third-order valence-electron chi connectivity index (χ3n) is 3.58. The molecule has 0 saturated heterocycles. The molecule has 82 valence electrons. The molecular weight excluding hydrogens is 182 g/mol. The summed E-state index contributed by atoms with van der Waals surface area (Å²) in [6.07, 6.45) is 2.32. The molecule has 1 aromatic carbocycles. The van der Waals surface area contributed by atoms with E-state index in [2.05, 4.69) is 45.1 Å². The Labute approximate surface area is 92.9 Å². The molecule has 0 fully saturated rings. The van der Waals surface area contributed by atoms with E-state index in [0.717, 1.165) is 13.0 Å². The van der Waals surface area contributed by atoms with Crippen LogP contribution in [0.15, 0.2) is 12.1 Å². The highest BCUT2D eigenvalue weighted by Crippen LogP contribution is 2.30. The summed E-state index contributed by atoms with van der Waals surface area (Å²) in [6, 6.07) is 4.79. The molecule has 0 unspecified atom stereocenters. The predicted octanol–water partition coefficient (Wildman–Crippen LogP) is 2.94. The fourth-order valence-corrected chi connectivity index (χ4v) is 2.58. The second-order valence-corrected chi connectivity index (χ2v) is 5.09. The summed E-state index contributed by atoms with van der Waals surface area (Å²) in [6.45, 7) is 10.1. The van der Waals surface area contributed by atoms with E-state index in [0.29, 0.717) is 0 Å². The summed E-state index contributed by atoms with van der Waals surface area (Å²) in [5.41, 5.74) is 6.12. The van der Waals surface area contributed by atoms with Crippen molar-refractivity contribution in [3.8, 4) is 0 Å². The van der Waals surface area contributed by atoms with Crippen molar-refractivity contribution in [3.05, 3.63) is 34.4 Å². The fourth-order valence-electron chi connectivity index (χ4n) is 2.58. The summed E-state index contributed by atoms with van der Waals surface area (Å²) in [4.78, 5) is 0. The molecule has 2 rings (SSSR count). The van der Waals surface area contributed by atoms with Crippen molar-refractivity contribution < 1.29 is 0 Å². The Morgan fingerprint density at radius 2 is 2.07 bits per heavy atom. The van der Waals surface area contributed by atoms with Gasteiger partial charge < -0.3 is 5.32 Å². The molecule has 0 saturated carbocycles. The topological polar surface area (TPSA) is 12.0 Å². The molecule has 1 heteroatoms. The van der Waals surface area contributed by atoms with Crippen molar-refractivity contribution >= 4 is 0 Å². The van der Waals surface area contributed by atoms with Gasteiger partial charge in [0, 0.05) is 5.54 Å². The van der Waals surface area contributed by atoms with Gasteiger partial charge in [0.2, 0.25) is 0 Å². The molecule has 1 heterocycles. The van der Waals surface area contributed by atoms with E-state index < -0.39 is 0 Å². The van der Waals surface area contributed by atoms with Crippen LogP contribution in [0.3, 0.4) is 0 Å². The molecule has 1 aliphatic rings. The Morgan fingerprint density at radius 3 is 2.73 bits per heavy atom. The van der Waals surface area contributed by atoms with Gasteiger partial charge in [-0.3, -0.25) is 0 Å². The van der Waals surface area contributed by atoms with Gasteiger partial charge >= 0.3 is 0 Å². The normalized spacial score (nSPS) is 18.7. The highest BCUT2D eigenvalue weighted by Gasteiger charge is 2.26. The standard InChI is InChI=1S/C14H21N/c1-5-11-9-12-6-7-15-14(3,4)13(12)8-10(11)2/h8-9,15H,5-7H2,1-4H3. The van der Waals surface area contributed by atoms with Gasteiger partial charge in [0.15, 0.2) is 0 Å². The lowest BCUT2D eigenvalue weighted by molar-refractivity contribution is 0.381. The summed E-state index contributed by atoms with van der Waals surface area (Å²) >= 11 is 0. The monoisotopic (exact) mass is 203 g/mol. The lowest BCUT2D eigenvalue weighted by Crippen LogP contribution is -2.42. The van der Waals surface area contributed by atoms with Crippen LogP contribution in [0, 0.1) is 6.92 Å². The summed E-state index contributed by atoms with van der Waals surface area (Å²) in [7, 11) is 0. The van der Waals surface area contributed by atoms with Crippen LogP contribution in [-0.4, -0.2) is 6.54 Å². The van der Waals surface area contributed by atoms with Crippen LogP contribution in [0.1, 0.15) is 43.0 Å². The van der Waals surface area contributed by atoms with Gasteiger partial charge in [0.1, 0.15) is 0 Å². The molecule has 0 atom stereocenters. The second kappa shape index (κ2) is 3.64. The van der Waals surface area contributed by atoms with Gasteiger partial charge in [-0.05, 0) is 62.4 Å². The minimum absolute atomic E-state index is 0.143. The van der Waals surface area contributed by atoms with Crippen LogP contribution < -0.4 is 5.32 Å². The summed E-state index contributed by atoms with van der Waals surface area (Å²) in [5, 5.41) is 3.58. The van der Waals surface area contributed by atoms with Crippen molar-refractivity contribution in [1.82, 2.24) is 5.32 Å². The average Bonchev–Trinajstić information content (AvgIpc) is 2.18. The van der Waals surface area contributed by atoms with Crippen molar-refractivity contribution in [2.45, 2.75) is 46.1 Å². The summed E-state index contributed by atoms with van der Waals surface area (Å²) in [5.74, 6) is 0. The first-order valence-electron chi connectivity index (χ1n) is 5.92. The maximum atomic E-state index is 3.58. The highest BCUT2D eigenvalue weighted by atomic mass is 15.0. The van der Waals surface area contributed by atoms with Crippen LogP contribution in [0.25, 0.3) is 0 Å². The molecule has 1 nitrogen and oxygen atoms in total. The average molecular weight is 203 g/mol. The fraction of sp³-hybridized carbons (Fsp3) is 0.571. The molecule has 0 radical (unpaired) electrons. The second-order valence-electron chi connectivity index (χ2n) is 5.09. The van der Waals surface area contributed by atoms with Gasteiger partial charge in [0.05, 0.1) is 0 Å². The number of nitrogens with one attached hydrogen (secondary N) is 1. The van der Waals surface area contributed by atoms with E-state index in [1.807, 2.05) is 0 Å². The van der Waals surface area contributed by atoms with E-state index in [9.17, 15) is 0 Å². The molecule has 0 amide bonds. The largest absolute Gasteiger partial charge is 0.307 e. The quantitative estimate of drug-likeness (QED) is 0.740. The third kappa shape index (κ3) is 1.81. The van der Waals surface area contributed by atoms with Gasteiger partial charge in [-0.25, -0.2) is 0 Å². The number of fused-ring (bicyclic) bond motifs is 1. The molecule has 0 aromatic heterocycles. The molecule has 1 N–H and O–H groups in total. The lowest BCUT2D eigenvalue weighted by Gasteiger charge is -2.34. The van der Waals surface area contributed by atoms with Gasteiger partial charge in [-0.2, -0.15) is 0 Å². The van der Waals surface area contributed by atoms with Crippen molar-refractivity contribution in [2.75, 3.05) is 6.54 Å². The Kier molecular flexibility index (Phi) is 2.59. The predicted molar refractivity (Wildman–Crippen MR) is 65.3 cm³/mol. The molecule has 0 spiro atoms. The number of hydrogen-bond acceptors (Lipinski definition) is 1.